The Morgan fingerprint density at radius 1 is 1.31 bits per heavy atom. The molecule has 0 saturated heterocycles. The van der Waals surface area contributed by atoms with Crippen LogP contribution in [0.4, 0.5) is 0 Å². The highest BCUT2D eigenvalue weighted by Gasteiger charge is 2.16. The lowest BCUT2D eigenvalue weighted by Crippen LogP contribution is -1.99. The van der Waals surface area contributed by atoms with Crippen molar-refractivity contribution in [3.05, 3.63) is 35.4 Å². The molecular weight excluding hydrogens is 200 g/mol. The fourth-order valence-electron chi connectivity index (χ4n) is 2.51. The summed E-state index contributed by atoms with van der Waals surface area (Å²) in [6, 6.07) is 8.46. The second-order valence-electron chi connectivity index (χ2n) is 4.62. The molecule has 2 nitrogen and oxygen atoms in total. The van der Waals surface area contributed by atoms with E-state index in [1.807, 2.05) is 6.07 Å². The zero-order valence-corrected chi connectivity index (χ0v) is 9.48. The summed E-state index contributed by atoms with van der Waals surface area (Å²) in [6.45, 7) is 0. The van der Waals surface area contributed by atoms with Gasteiger partial charge in [-0.2, -0.15) is 0 Å². The lowest BCUT2D eigenvalue weighted by Gasteiger charge is -2.10. The molecule has 0 radical (unpaired) electrons. The van der Waals surface area contributed by atoms with Crippen LogP contribution in [-0.2, 0) is 11.2 Å². The Morgan fingerprint density at radius 2 is 2.06 bits per heavy atom. The van der Waals surface area contributed by atoms with E-state index in [4.69, 9.17) is 5.11 Å². The highest BCUT2D eigenvalue weighted by Crippen LogP contribution is 2.34. The van der Waals surface area contributed by atoms with Crippen LogP contribution >= 0.6 is 0 Å². The Kier molecular flexibility index (Phi) is 3.60. The van der Waals surface area contributed by atoms with Crippen molar-refractivity contribution in [3.8, 4) is 0 Å². The Morgan fingerprint density at radius 3 is 2.75 bits per heavy atom. The van der Waals surface area contributed by atoms with Gasteiger partial charge < -0.3 is 5.11 Å². The van der Waals surface area contributed by atoms with Crippen LogP contribution in [0.2, 0.25) is 0 Å². The number of aliphatic carboxylic acids is 1. The maximum atomic E-state index is 10.5. The lowest BCUT2D eigenvalue weighted by molar-refractivity contribution is -0.136. The molecule has 1 N–H and O–H groups in total. The van der Waals surface area contributed by atoms with Gasteiger partial charge >= 0.3 is 5.97 Å². The number of carboxylic acids is 1. The number of hydrogen-bond donors (Lipinski definition) is 1. The quantitative estimate of drug-likeness (QED) is 0.841. The summed E-state index contributed by atoms with van der Waals surface area (Å²) in [4.78, 5) is 10.5. The highest BCUT2D eigenvalue weighted by atomic mass is 16.4. The van der Waals surface area contributed by atoms with Gasteiger partial charge in [-0.25, -0.2) is 0 Å². The molecule has 1 fully saturated rings. The van der Waals surface area contributed by atoms with Crippen LogP contribution < -0.4 is 0 Å². The van der Waals surface area contributed by atoms with Gasteiger partial charge in [0.05, 0.1) is 0 Å². The van der Waals surface area contributed by atoms with Crippen molar-refractivity contribution >= 4 is 5.97 Å². The van der Waals surface area contributed by atoms with Crippen LogP contribution in [0.5, 0.6) is 0 Å². The predicted molar refractivity (Wildman–Crippen MR) is 63.6 cm³/mol. The average Bonchev–Trinajstić information content (AvgIpc) is 2.80. The molecule has 0 aliphatic heterocycles. The third-order valence-electron chi connectivity index (χ3n) is 3.41. The van der Waals surface area contributed by atoms with E-state index in [1.165, 1.54) is 31.2 Å². The zero-order chi connectivity index (χ0) is 11.4. The molecule has 0 heterocycles. The van der Waals surface area contributed by atoms with Crippen LogP contribution in [0, 0.1) is 0 Å². The Labute approximate surface area is 96.3 Å². The maximum absolute atomic E-state index is 10.5. The van der Waals surface area contributed by atoms with Crippen molar-refractivity contribution in [1.82, 2.24) is 0 Å². The molecule has 1 aliphatic rings. The van der Waals surface area contributed by atoms with E-state index in [9.17, 15) is 4.79 Å². The molecule has 1 saturated carbocycles. The van der Waals surface area contributed by atoms with Crippen LogP contribution in [0.25, 0.3) is 0 Å². The fourth-order valence-corrected chi connectivity index (χ4v) is 2.51. The topological polar surface area (TPSA) is 37.3 Å². The second kappa shape index (κ2) is 5.15. The predicted octanol–water partition coefficient (Wildman–Crippen LogP) is 3.36. The molecule has 16 heavy (non-hydrogen) atoms. The molecule has 1 aromatic carbocycles. The average molecular weight is 218 g/mol. The SMILES string of the molecule is O=C(O)CCc1cccc(C2CCCC2)c1. The third-order valence-corrected chi connectivity index (χ3v) is 3.41. The van der Waals surface area contributed by atoms with Crippen LogP contribution in [-0.4, -0.2) is 11.1 Å². The number of hydrogen-bond acceptors (Lipinski definition) is 1. The first kappa shape index (κ1) is 11.2. The Balaban J connectivity index is 2.03. The van der Waals surface area contributed by atoms with Gasteiger partial charge in [0.25, 0.3) is 0 Å². The number of benzene rings is 1. The third kappa shape index (κ3) is 2.84. The lowest BCUT2D eigenvalue weighted by atomic mass is 9.95. The molecule has 0 spiro atoms. The molecular formula is C14H18O2. The molecule has 0 bridgehead atoms. The number of carbonyl (C=O) groups is 1. The van der Waals surface area contributed by atoms with Crippen molar-refractivity contribution < 1.29 is 9.90 Å². The minimum atomic E-state index is -0.716. The van der Waals surface area contributed by atoms with Gasteiger partial charge in [-0.3, -0.25) is 4.79 Å². The first-order chi connectivity index (χ1) is 7.75. The van der Waals surface area contributed by atoms with Crippen molar-refractivity contribution in [2.45, 2.75) is 44.4 Å². The van der Waals surface area contributed by atoms with Crippen molar-refractivity contribution in [2.24, 2.45) is 0 Å². The summed E-state index contributed by atoms with van der Waals surface area (Å²) in [5.74, 6) is -0.00366. The summed E-state index contributed by atoms with van der Waals surface area (Å²) in [5.41, 5.74) is 2.56. The van der Waals surface area contributed by atoms with Gasteiger partial charge in [0.15, 0.2) is 0 Å². The van der Waals surface area contributed by atoms with Gasteiger partial charge in [-0.1, -0.05) is 37.1 Å². The zero-order valence-electron chi connectivity index (χ0n) is 9.48. The Bertz CT molecular complexity index is 365. The van der Waals surface area contributed by atoms with E-state index in [0.29, 0.717) is 12.3 Å². The highest BCUT2D eigenvalue weighted by molar-refractivity contribution is 5.67. The van der Waals surface area contributed by atoms with Gasteiger partial charge in [0.1, 0.15) is 0 Å². The molecule has 2 heteroatoms. The maximum Gasteiger partial charge on any atom is 0.303 e. The standard InChI is InChI=1S/C14H18O2/c15-14(16)9-8-11-4-3-7-13(10-11)12-5-1-2-6-12/h3-4,7,10,12H,1-2,5-6,8-9H2,(H,15,16). The van der Waals surface area contributed by atoms with Crippen LogP contribution in [0.15, 0.2) is 24.3 Å². The monoisotopic (exact) mass is 218 g/mol. The van der Waals surface area contributed by atoms with Crippen molar-refractivity contribution in [3.63, 3.8) is 0 Å². The summed E-state index contributed by atoms with van der Waals surface area (Å²) >= 11 is 0. The summed E-state index contributed by atoms with van der Waals surface area (Å²) in [7, 11) is 0. The Hall–Kier alpha value is -1.31. The smallest absolute Gasteiger partial charge is 0.303 e. The number of aryl methyl sites for hydroxylation is 1. The number of rotatable bonds is 4. The normalized spacial score (nSPS) is 16.5. The molecule has 2 rings (SSSR count). The van der Waals surface area contributed by atoms with E-state index in [0.717, 1.165) is 5.56 Å². The molecule has 0 atom stereocenters. The molecule has 0 unspecified atom stereocenters. The van der Waals surface area contributed by atoms with E-state index >= 15 is 0 Å². The molecule has 0 aromatic heterocycles. The first-order valence-electron chi connectivity index (χ1n) is 6.06. The van der Waals surface area contributed by atoms with Gasteiger partial charge in [-0.15, -0.1) is 0 Å². The van der Waals surface area contributed by atoms with Gasteiger partial charge in [0, 0.05) is 6.42 Å². The van der Waals surface area contributed by atoms with Crippen LogP contribution in [0.3, 0.4) is 0 Å². The number of carboxylic acid groups (broad SMARTS) is 1. The van der Waals surface area contributed by atoms with Crippen molar-refractivity contribution in [1.29, 1.82) is 0 Å². The van der Waals surface area contributed by atoms with E-state index < -0.39 is 5.97 Å². The van der Waals surface area contributed by atoms with E-state index in [-0.39, 0.29) is 6.42 Å². The van der Waals surface area contributed by atoms with Crippen LogP contribution in [0.1, 0.15) is 49.1 Å². The van der Waals surface area contributed by atoms with Gasteiger partial charge in [0.2, 0.25) is 0 Å². The van der Waals surface area contributed by atoms with E-state index in [2.05, 4.69) is 18.2 Å². The molecule has 1 aliphatic carbocycles. The van der Waals surface area contributed by atoms with Crippen molar-refractivity contribution in [2.75, 3.05) is 0 Å². The minimum absolute atomic E-state index is 0.230. The largest absolute Gasteiger partial charge is 0.481 e. The van der Waals surface area contributed by atoms with E-state index in [1.54, 1.807) is 0 Å². The minimum Gasteiger partial charge on any atom is -0.481 e. The fraction of sp³-hybridized carbons (Fsp3) is 0.500. The first-order valence-corrected chi connectivity index (χ1v) is 6.06. The van der Waals surface area contributed by atoms with Gasteiger partial charge in [-0.05, 0) is 36.3 Å². The summed E-state index contributed by atoms with van der Waals surface area (Å²) in [5, 5.41) is 8.66. The second-order valence-corrected chi connectivity index (χ2v) is 4.62. The summed E-state index contributed by atoms with van der Waals surface area (Å²) in [6.07, 6.45) is 6.14. The molecule has 1 aromatic rings. The summed E-state index contributed by atoms with van der Waals surface area (Å²) < 4.78 is 0. The molecule has 0 amide bonds. The molecule has 86 valence electrons.